The molecule has 2 aliphatic rings. The number of ether oxygens (including phenoxy) is 1. The molecule has 2 aromatic rings. The Kier molecular flexibility index (Phi) is 6.66. The average Bonchev–Trinajstić information content (AvgIpc) is 3.35. The topological polar surface area (TPSA) is 106 Å². The number of hydrogen-bond acceptors (Lipinski definition) is 7. The number of amides is 1. The van der Waals surface area contributed by atoms with Gasteiger partial charge in [0.05, 0.1) is 23.2 Å². The molecular formula is C18H18F3N3O5S. The van der Waals surface area contributed by atoms with Gasteiger partial charge < -0.3 is 19.2 Å². The molecule has 1 atom stereocenters. The first kappa shape index (κ1) is 22.1. The molecule has 1 amide bonds. The van der Waals surface area contributed by atoms with Gasteiger partial charge in [0.25, 0.3) is 5.91 Å². The summed E-state index contributed by atoms with van der Waals surface area (Å²) in [6, 6.07) is 5.84. The number of thioether (sulfide) groups is 1. The van der Waals surface area contributed by atoms with Crippen molar-refractivity contribution < 1.29 is 37.0 Å². The molecule has 2 aliphatic heterocycles. The lowest BCUT2D eigenvalue weighted by Gasteiger charge is -2.47. The largest absolute Gasteiger partial charge is 0.490 e. The van der Waals surface area contributed by atoms with Crippen LogP contribution in [0.15, 0.2) is 41.5 Å². The van der Waals surface area contributed by atoms with Crippen molar-refractivity contribution in [2.45, 2.75) is 30.1 Å². The number of rotatable bonds is 4. The molecule has 30 heavy (non-hydrogen) atoms. The fourth-order valence-electron chi connectivity index (χ4n) is 3.09. The Morgan fingerprint density at radius 3 is 2.63 bits per heavy atom. The number of oxazole rings is 1. The minimum Gasteiger partial charge on any atom is -0.475 e. The van der Waals surface area contributed by atoms with Gasteiger partial charge in [-0.05, 0) is 18.6 Å². The van der Waals surface area contributed by atoms with Gasteiger partial charge in [-0.1, -0.05) is 6.07 Å². The number of nitrogens with zero attached hydrogens (tertiary/aromatic N) is 3. The molecule has 4 heterocycles. The van der Waals surface area contributed by atoms with E-state index in [2.05, 4.69) is 9.97 Å². The van der Waals surface area contributed by atoms with E-state index < -0.39 is 12.1 Å². The van der Waals surface area contributed by atoms with Crippen molar-refractivity contribution in [2.75, 3.05) is 18.8 Å². The lowest BCUT2D eigenvalue weighted by molar-refractivity contribution is -0.192. The van der Waals surface area contributed by atoms with Gasteiger partial charge in [0.1, 0.15) is 6.26 Å². The molecule has 1 unspecified atom stereocenters. The molecule has 4 rings (SSSR count). The number of likely N-dealkylation sites (tertiary alicyclic amines) is 1. The average molecular weight is 445 g/mol. The number of alkyl halides is 3. The van der Waals surface area contributed by atoms with Gasteiger partial charge in [-0.15, -0.1) is 11.8 Å². The van der Waals surface area contributed by atoms with Crippen LogP contribution < -0.4 is 0 Å². The van der Waals surface area contributed by atoms with E-state index in [0.717, 1.165) is 31.0 Å². The molecule has 0 radical (unpaired) electrons. The highest BCUT2D eigenvalue weighted by Crippen LogP contribution is 2.46. The zero-order chi connectivity index (χ0) is 21.8. The Bertz CT molecular complexity index is 858. The molecule has 0 bridgehead atoms. The van der Waals surface area contributed by atoms with E-state index in [1.165, 1.54) is 12.7 Å². The molecule has 1 spiro atoms. The van der Waals surface area contributed by atoms with Crippen LogP contribution >= 0.6 is 11.8 Å². The molecule has 2 fully saturated rings. The van der Waals surface area contributed by atoms with Gasteiger partial charge in [-0.2, -0.15) is 13.2 Å². The number of aliphatic carboxylic acids is 1. The number of carbonyl (C=O) groups excluding carboxylic acids is 1. The number of pyridine rings is 1. The van der Waals surface area contributed by atoms with Crippen molar-refractivity contribution in [1.82, 2.24) is 14.9 Å². The smallest absolute Gasteiger partial charge is 0.475 e. The summed E-state index contributed by atoms with van der Waals surface area (Å²) in [4.78, 5) is 31.1. The van der Waals surface area contributed by atoms with Crippen molar-refractivity contribution >= 4 is 23.6 Å². The zero-order valence-electron chi connectivity index (χ0n) is 15.5. The van der Waals surface area contributed by atoms with Crippen LogP contribution in [-0.4, -0.2) is 67.7 Å². The third kappa shape index (κ3) is 5.51. The minimum absolute atomic E-state index is 0.0529. The van der Waals surface area contributed by atoms with Crippen LogP contribution in [0.2, 0.25) is 0 Å². The Labute approximate surface area is 173 Å². The second kappa shape index (κ2) is 9.04. The van der Waals surface area contributed by atoms with Gasteiger partial charge in [0.2, 0.25) is 0 Å². The zero-order valence-corrected chi connectivity index (χ0v) is 16.4. The summed E-state index contributed by atoms with van der Waals surface area (Å²) >= 11 is 1.91. The molecule has 0 aliphatic carbocycles. The van der Waals surface area contributed by atoms with E-state index in [1.807, 2.05) is 34.9 Å². The number of carboxylic acid groups (broad SMARTS) is 1. The highest BCUT2D eigenvalue weighted by atomic mass is 32.2. The highest BCUT2D eigenvalue weighted by molar-refractivity contribution is 8.01. The quantitative estimate of drug-likeness (QED) is 0.766. The van der Waals surface area contributed by atoms with Crippen LogP contribution in [0.4, 0.5) is 13.2 Å². The van der Waals surface area contributed by atoms with Gasteiger partial charge in [-0.25, -0.2) is 9.78 Å². The number of carbonyl (C=O) groups is 2. The standard InChI is InChI=1S/C16H17N3O3S.C2HF3O2/c20-15(14-7-21-11-18-14)19-9-16(10-19)5-13(8-23-16)22-6-12-3-1-2-4-17-12;3-2(4,5)1(6)7/h1-4,7,11,13H,5-6,8-10H2;(H,6,7). The molecule has 1 N–H and O–H groups in total. The Hall–Kier alpha value is -2.60. The maximum absolute atomic E-state index is 12.2. The van der Waals surface area contributed by atoms with Crippen molar-refractivity contribution in [3.8, 4) is 0 Å². The van der Waals surface area contributed by atoms with Gasteiger partial charge in [-0.3, -0.25) is 9.78 Å². The Balaban J connectivity index is 0.000000318. The van der Waals surface area contributed by atoms with Crippen LogP contribution in [0.1, 0.15) is 22.6 Å². The summed E-state index contributed by atoms with van der Waals surface area (Å²) in [5.41, 5.74) is 1.33. The van der Waals surface area contributed by atoms with E-state index in [0.29, 0.717) is 12.3 Å². The lowest BCUT2D eigenvalue weighted by Crippen LogP contribution is -2.60. The minimum atomic E-state index is -5.08. The first-order valence-electron chi connectivity index (χ1n) is 8.82. The monoisotopic (exact) mass is 445 g/mol. The second-order valence-corrected chi connectivity index (χ2v) is 8.28. The fourth-order valence-corrected chi connectivity index (χ4v) is 4.64. The predicted molar refractivity (Wildman–Crippen MR) is 98.7 cm³/mol. The van der Waals surface area contributed by atoms with Crippen LogP contribution in [0.25, 0.3) is 0 Å². The summed E-state index contributed by atoms with van der Waals surface area (Å²) in [6.45, 7) is 2.06. The molecule has 2 saturated heterocycles. The normalized spacial score (nSPS) is 19.7. The van der Waals surface area contributed by atoms with Crippen LogP contribution in [0, 0.1) is 0 Å². The Morgan fingerprint density at radius 1 is 1.33 bits per heavy atom. The number of carboxylic acids is 1. The van der Waals surface area contributed by atoms with E-state index in [9.17, 15) is 18.0 Å². The Morgan fingerprint density at radius 2 is 2.07 bits per heavy atom. The lowest BCUT2D eigenvalue weighted by atomic mass is 9.92. The molecule has 8 nitrogen and oxygen atoms in total. The maximum Gasteiger partial charge on any atom is 0.490 e. The maximum atomic E-state index is 12.2. The number of aromatic nitrogens is 2. The number of halogens is 3. The second-order valence-electron chi connectivity index (χ2n) is 6.79. The van der Waals surface area contributed by atoms with E-state index >= 15 is 0 Å². The highest BCUT2D eigenvalue weighted by Gasteiger charge is 2.51. The van der Waals surface area contributed by atoms with Crippen LogP contribution in [-0.2, 0) is 16.1 Å². The van der Waals surface area contributed by atoms with E-state index in [4.69, 9.17) is 19.1 Å². The summed E-state index contributed by atoms with van der Waals surface area (Å²) in [5, 5.41) is 7.12. The van der Waals surface area contributed by atoms with Crippen molar-refractivity contribution in [1.29, 1.82) is 0 Å². The fraction of sp³-hybridized carbons (Fsp3) is 0.444. The molecule has 12 heteroatoms. The summed E-state index contributed by atoms with van der Waals surface area (Å²) in [7, 11) is 0. The number of hydrogen-bond donors (Lipinski definition) is 1. The van der Waals surface area contributed by atoms with Gasteiger partial charge in [0.15, 0.2) is 12.1 Å². The molecule has 2 aromatic heterocycles. The first-order chi connectivity index (χ1) is 14.2. The van der Waals surface area contributed by atoms with Crippen LogP contribution in [0.3, 0.4) is 0 Å². The SMILES string of the molecule is O=C(O)C(F)(F)F.O=C(c1cocn1)N1CC2(CC(OCc3ccccn3)CS2)C1. The van der Waals surface area contributed by atoms with Gasteiger partial charge >= 0.3 is 12.1 Å². The predicted octanol–water partition coefficient (Wildman–Crippen LogP) is 2.62. The third-order valence-electron chi connectivity index (χ3n) is 4.51. The van der Waals surface area contributed by atoms with Crippen LogP contribution in [0.5, 0.6) is 0 Å². The molecule has 0 saturated carbocycles. The summed E-state index contributed by atoms with van der Waals surface area (Å²) < 4.78 is 42.7. The summed E-state index contributed by atoms with van der Waals surface area (Å²) in [6.07, 6.45) is 0.588. The van der Waals surface area contributed by atoms with Crippen molar-refractivity contribution in [2.24, 2.45) is 0 Å². The molecule has 0 aromatic carbocycles. The molecule has 162 valence electrons. The van der Waals surface area contributed by atoms with Crippen molar-refractivity contribution in [3.63, 3.8) is 0 Å². The third-order valence-corrected chi connectivity index (χ3v) is 6.08. The van der Waals surface area contributed by atoms with E-state index in [1.54, 1.807) is 6.20 Å². The van der Waals surface area contributed by atoms with Crippen molar-refractivity contribution in [3.05, 3.63) is 48.4 Å². The summed E-state index contributed by atoms with van der Waals surface area (Å²) in [5.74, 6) is -1.84. The first-order valence-corrected chi connectivity index (χ1v) is 9.80. The molecular weight excluding hydrogens is 427 g/mol. The van der Waals surface area contributed by atoms with E-state index in [-0.39, 0.29) is 16.8 Å². The van der Waals surface area contributed by atoms with Gasteiger partial charge in [0, 0.05) is 25.0 Å².